The van der Waals surface area contributed by atoms with Crippen molar-refractivity contribution in [3.05, 3.63) is 47.2 Å². The number of likely N-dealkylation sites (N-methyl/N-ethyl adjacent to an activating group) is 1. The Bertz CT molecular complexity index is 986. The molecule has 12 heteroatoms. The molecule has 2 amide bonds. The first-order valence-corrected chi connectivity index (χ1v) is 13.8. The van der Waals surface area contributed by atoms with Crippen molar-refractivity contribution in [1.82, 2.24) is 36.0 Å². The van der Waals surface area contributed by atoms with Crippen LogP contribution in [0.4, 0.5) is 4.79 Å². The Morgan fingerprint density at radius 2 is 1.87 bits per heavy atom. The van der Waals surface area contributed by atoms with Gasteiger partial charge in [0.1, 0.15) is 12.8 Å². The molecule has 4 rings (SSSR count). The molecule has 0 aliphatic carbocycles. The second-order valence-electron chi connectivity index (χ2n) is 10.0. The lowest BCUT2D eigenvalue weighted by Gasteiger charge is -2.41. The van der Waals surface area contributed by atoms with Crippen LogP contribution in [0.2, 0.25) is 0 Å². The Hall–Kier alpha value is -2.58. The number of ether oxygens (including phenoxy) is 3. The predicted molar refractivity (Wildman–Crippen MR) is 146 cm³/mol. The van der Waals surface area contributed by atoms with Gasteiger partial charge in [0.25, 0.3) is 5.91 Å². The molecule has 3 atom stereocenters. The van der Waals surface area contributed by atoms with E-state index in [4.69, 9.17) is 14.2 Å². The molecule has 3 N–H and O–H groups in total. The van der Waals surface area contributed by atoms with E-state index in [1.165, 1.54) is 0 Å². The molecule has 39 heavy (non-hydrogen) atoms. The minimum absolute atomic E-state index is 0.133. The molecule has 0 spiro atoms. The third-order valence-electron chi connectivity index (χ3n) is 7.14. The van der Waals surface area contributed by atoms with E-state index >= 15 is 0 Å². The smallest absolute Gasteiger partial charge is 0.430 e. The Labute approximate surface area is 231 Å². The molecule has 0 saturated carbocycles. The van der Waals surface area contributed by atoms with E-state index in [-0.39, 0.29) is 24.7 Å². The van der Waals surface area contributed by atoms with Gasteiger partial charge in [-0.15, -0.1) is 5.12 Å². The van der Waals surface area contributed by atoms with Crippen LogP contribution in [0.3, 0.4) is 0 Å². The summed E-state index contributed by atoms with van der Waals surface area (Å²) in [6.07, 6.45) is -0.695. The fourth-order valence-corrected chi connectivity index (χ4v) is 5.23. The molecule has 3 heterocycles. The maximum absolute atomic E-state index is 13.6. The minimum atomic E-state index is -0.635. The zero-order valence-corrected chi connectivity index (χ0v) is 23.5. The maximum atomic E-state index is 13.6. The van der Waals surface area contributed by atoms with Crippen molar-refractivity contribution in [2.45, 2.75) is 38.6 Å². The molecule has 216 valence electrons. The average molecular weight is 546 g/mol. The third-order valence-corrected chi connectivity index (χ3v) is 7.14. The predicted octanol–water partition coefficient (Wildman–Crippen LogP) is 0.809. The Morgan fingerprint density at radius 3 is 2.56 bits per heavy atom. The number of methoxy groups -OCH3 is 1. The van der Waals surface area contributed by atoms with Crippen LogP contribution in [-0.2, 0) is 14.2 Å². The van der Waals surface area contributed by atoms with E-state index < -0.39 is 12.3 Å². The largest absolute Gasteiger partial charge is 0.446 e. The molecule has 1 aromatic carbocycles. The van der Waals surface area contributed by atoms with Crippen molar-refractivity contribution in [2.24, 2.45) is 0 Å². The third kappa shape index (κ3) is 7.14. The van der Waals surface area contributed by atoms with Gasteiger partial charge in [0.15, 0.2) is 0 Å². The summed E-state index contributed by atoms with van der Waals surface area (Å²) in [4.78, 5) is 31.8. The van der Waals surface area contributed by atoms with E-state index in [0.29, 0.717) is 38.3 Å². The van der Waals surface area contributed by atoms with Gasteiger partial charge < -0.3 is 24.4 Å². The van der Waals surface area contributed by atoms with E-state index in [0.717, 1.165) is 37.4 Å². The van der Waals surface area contributed by atoms with Crippen molar-refractivity contribution in [3.8, 4) is 0 Å². The van der Waals surface area contributed by atoms with E-state index in [9.17, 15) is 9.59 Å². The summed E-state index contributed by atoms with van der Waals surface area (Å²) in [5.41, 5.74) is 5.71. The normalized spacial score (nSPS) is 23.5. The van der Waals surface area contributed by atoms with Crippen molar-refractivity contribution in [2.75, 3.05) is 73.3 Å². The van der Waals surface area contributed by atoms with Crippen LogP contribution < -0.4 is 16.1 Å². The molecule has 0 bridgehead atoms. The number of hydrazine groups is 2. The highest BCUT2D eigenvalue weighted by Crippen LogP contribution is 2.36. The molecular weight excluding hydrogens is 502 g/mol. The standard InChI is InChI=1S/C27H43N7O5/c1-5-38-17-18-39-27(36)33-22-11-12-28-24(32-15-13-31(3)14-16-32)23(22)25(34(33)30-20(2)19-37-4)29-26(35)21-9-7-6-8-10-21/h6-10,20,24-25,28,30H,5,11-19H2,1-4H3,(H,29,35). The van der Waals surface area contributed by atoms with Gasteiger partial charge in [0.05, 0.1) is 25.1 Å². The molecule has 1 fully saturated rings. The van der Waals surface area contributed by atoms with E-state index in [1.807, 2.05) is 32.0 Å². The topological polar surface area (TPSA) is 111 Å². The second kappa shape index (κ2) is 14.2. The van der Waals surface area contributed by atoms with E-state index in [2.05, 4.69) is 32.9 Å². The monoisotopic (exact) mass is 545 g/mol. The number of piperazine rings is 1. The number of benzene rings is 1. The number of nitrogens with zero attached hydrogens (tertiary/aromatic N) is 4. The van der Waals surface area contributed by atoms with Gasteiger partial charge >= 0.3 is 6.09 Å². The van der Waals surface area contributed by atoms with Crippen LogP contribution in [0.25, 0.3) is 0 Å². The molecule has 0 aromatic heterocycles. The zero-order valence-electron chi connectivity index (χ0n) is 23.5. The summed E-state index contributed by atoms with van der Waals surface area (Å²) in [6.45, 7) is 9.59. The number of rotatable bonds is 11. The van der Waals surface area contributed by atoms with Crippen LogP contribution in [0.15, 0.2) is 41.6 Å². The fourth-order valence-electron chi connectivity index (χ4n) is 5.23. The van der Waals surface area contributed by atoms with Crippen molar-refractivity contribution < 1.29 is 23.8 Å². The summed E-state index contributed by atoms with van der Waals surface area (Å²) in [5.74, 6) is -0.229. The second-order valence-corrected chi connectivity index (χ2v) is 10.0. The number of carbonyl (C=O) groups is 2. The molecule has 3 aliphatic rings. The molecule has 1 saturated heterocycles. The highest BCUT2D eigenvalue weighted by molar-refractivity contribution is 5.94. The van der Waals surface area contributed by atoms with Crippen molar-refractivity contribution in [1.29, 1.82) is 0 Å². The number of amides is 2. The van der Waals surface area contributed by atoms with Gasteiger partial charge in [-0.05, 0) is 33.0 Å². The van der Waals surface area contributed by atoms with Gasteiger partial charge in [0.2, 0.25) is 0 Å². The Kier molecular flexibility index (Phi) is 10.7. The first-order chi connectivity index (χ1) is 18.9. The summed E-state index contributed by atoms with van der Waals surface area (Å²) in [5, 5.41) is 10.1. The quantitative estimate of drug-likeness (QED) is 0.346. The van der Waals surface area contributed by atoms with Crippen molar-refractivity contribution in [3.63, 3.8) is 0 Å². The molecule has 0 radical (unpaired) electrons. The molecule has 3 unspecified atom stereocenters. The highest BCUT2D eigenvalue weighted by Gasteiger charge is 2.49. The average Bonchev–Trinajstić information content (AvgIpc) is 3.24. The van der Waals surface area contributed by atoms with Crippen molar-refractivity contribution >= 4 is 12.0 Å². The summed E-state index contributed by atoms with van der Waals surface area (Å²) >= 11 is 0. The molecule has 12 nitrogen and oxygen atoms in total. The highest BCUT2D eigenvalue weighted by atomic mass is 16.6. The number of carbonyl (C=O) groups excluding carboxylic acids is 2. The SMILES string of the molecule is CCOCCOC(=O)N1C2=C(C(N3CCN(C)CC3)NCC2)C(NC(=O)c2ccccc2)N1NC(C)COC. The fraction of sp³-hybridized carbons (Fsp3) is 0.630. The van der Waals surface area contributed by atoms with Gasteiger partial charge in [-0.25, -0.2) is 10.2 Å². The molecular formula is C27H43N7O5. The summed E-state index contributed by atoms with van der Waals surface area (Å²) in [7, 11) is 3.75. The number of hydrogen-bond donors (Lipinski definition) is 3. The lowest BCUT2D eigenvalue weighted by atomic mass is 10.0. The summed E-state index contributed by atoms with van der Waals surface area (Å²) < 4.78 is 16.4. The lowest BCUT2D eigenvalue weighted by molar-refractivity contribution is -0.0654. The summed E-state index contributed by atoms with van der Waals surface area (Å²) in [6, 6.07) is 8.96. The van der Waals surface area contributed by atoms with Crippen LogP contribution in [0, 0.1) is 0 Å². The van der Waals surface area contributed by atoms with Gasteiger partial charge in [-0.1, -0.05) is 18.2 Å². The molecule has 1 aromatic rings. The Morgan fingerprint density at radius 1 is 1.13 bits per heavy atom. The number of hydrogen-bond acceptors (Lipinski definition) is 10. The molecule has 3 aliphatic heterocycles. The maximum Gasteiger partial charge on any atom is 0.430 e. The van der Waals surface area contributed by atoms with Crippen LogP contribution in [0.1, 0.15) is 30.6 Å². The lowest BCUT2D eigenvalue weighted by Crippen LogP contribution is -2.63. The minimum Gasteiger partial charge on any atom is -0.446 e. The first-order valence-electron chi connectivity index (χ1n) is 13.8. The van der Waals surface area contributed by atoms with Gasteiger partial charge in [-0.3, -0.25) is 15.0 Å². The first kappa shape index (κ1) is 29.4. The Balaban J connectivity index is 1.69. The van der Waals surface area contributed by atoms with Crippen LogP contribution >= 0.6 is 0 Å². The zero-order chi connectivity index (χ0) is 27.8. The van der Waals surface area contributed by atoms with Gasteiger partial charge in [0, 0.05) is 70.0 Å². The number of nitrogens with one attached hydrogen (secondary N) is 3. The van der Waals surface area contributed by atoms with E-state index in [1.54, 1.807) is 29.4 Å². The van der Waals surface area contributed by atoms with Crippen LogP contribution in [-0.4, -0.2) is 124 Å². The van der Waals surface area contributed by atoms with Crippen LogP contribution in [0.5, 0.6) is 0 Å². The van der Waals surface area contributed by atoms with Gasteiger partial charge in [-0.2, -0.15) is 5.01 Å².